The molecule has 0 spiro atoms. The number of anilines is 1. The molecule has 0 radical (unpaired) electrons. The third kappa shape index (κ3) is 4.93. The Hall–Kier alpha value is -1.21. The number of aliphatic hydroxyl groups is 1. The Labute approximate surface area is 124 Å². The zero-order valence-corrected chi connectivity index (χ0v) is 13.1. The third-order valence-corrected chi connectivity index (χ3v) is 4.37. The van der Waals surface area contributed by atoms with Gasteiger partial charge in [-0.3, -0.25) is 0 Å². The Morgan fingerprint density at radius 3 is 2.38 bits per heavy atom. The molecule has 0 bridgehead atoms. The van der Waals surface area contributed by atoms with E-state index in [4.69, 9.17) is 0 Å². The molecule has 1 aromatic carbocycles. The molecule has 0 saturated heterocycles. The van der Waals surface area contributed by atoms with Gasteiger partial charge in [-0.25, -0.2) is 8.42 Å². The molecule has 1 unspecified atom stereocenters. The van der Waals surface area contributed by atoms with Gasteiger partial charge < -0.3 is 10.4 Å². The van der Waals surface area contributed by atoms with E-state index in [1.54, 1.807) is 13.0 Å². The second-order valence-electron chi connectivity index (χ2n) is 5.75. The van der Waals surface area contributed by atoms with Gasteiger partial charge in [0.15, 0.2) is 0 Å². The van der Waals surface area contributed by atoms with Crippen LogP contribution in [0.15, 0.2) is 29.2 Å². The van der Waals surface area contributed by atoms with E-state index >= 15 is 0 Å². The predicted molar refractivity (Wildman–Crippen MR) is 78.2 cm³/mol. The highest BCUT2D eigenvalue weighted by molar-refractivity contribution is 7.91. The molecule has 1 atom stereocenters. The smallest absolute Gasteiger partial charge is 0.341 e. The Bertz CT molecular complexity index is 571. The summed E-state index contributed by atoms with van der Waals surface area (Å²) >= 11 is 0. The van der Waals surface area contributed by atoms with E-state index < -0.39 is 26.1 Å². The lowest BCUT2D eigenvalue weighted by Crippen LogP contribution is -2.35. The van der Waals surface area contributed by atoms with Crippen molar-refractivity contribution in [2.24, 2.45) is 5.92 Å². The molecule has 0 amide bonds. The van der Waals surface area contributed by atoms with E-state index in [0.717, 1.165) is 6.07 Å². The second kappa shape index (κ2) is 6.70. The van der Waals surface area contributed by atoms with Gasteiger partial charge in [-0.1, -0.05) is 26.0 Å². The van der Waals surface area contributed by atoms with Crippen LogP contribution >= 0.6 is 0 Å². The van der Waals surface area contributed by atoms with Crippen molar-refractivity contribution < 1.29 is 22.3 Å². The van der Waals surface area contributed by atoms with Gasteiger partial charge in [0.2, 0.25) is 9.84 Å². The number of para-hydroxylation sites is 1. The van der Waals surface area contributed by atoms with Crippen molar-refractivity contribution in [2.45, 2.75) is 43.4 Å². The molecule has 21 heavy (non-hydrogen) atoms. The van der Waals surface area contributed by atoms with E-state index in [9.17, 15) is 22.3 Å². The maximum Gasteiger partial charge on any atom is 0.341 e. The number of rotatable bonds is 7. The summed E-state index contributed by atoms with van der Waals surface area (Å²) in [5.41, 5.74) is -0.989. The zero-order chi connectivity index (χ0) is 16.3. The average Bonchev–Trinajstić information content (AvgIpc) is 2.35. The van der Waals surface area contributed by atoms with E-state index in [-0.39, 0.29) is 18.2 Å². The SMILES string of the molecule is CC(C)CC(C)(O)CNc1ccccc1S(=O)(=O)C(F)F. The van der Waals surface area contributed by atoms with Gasteiger partial charge in [0.1, 0.15) is 0 Å². The summed E-state index contributed by atoms with van der Waals surface area (Å²) in [6.07, 6.45) is 0.504. The first kappa shape index (κ1) is 17.8. The predicted octanol–water partition coefficient (Wildman–Crippen LogP) is 2.89. The van der Waals surface area contributed by atoms with Gasteiger partial charge in [-0.2, -0.15) is 8.78 Å². The maximum absolute atomic E-state index is 12.7. The Kier molecular flexibility index (Phi) is 5.69. The standard InChI is InChI=1S/C14H21F2NO3S/c1-10(2)8-14(3,18)9-17-11-6-4-5-7-12(11)21(19,20)13(15)16/h4-7,10,13,17-18H,8-9H2,1-3H3. The number of benzene rings is 1. The summed E-state index contributed by atoms with van der Waals surface area (Å²) in [4.78, 5) is -0.458. The molecule has 0 heterocycles. The molecule has 0 aromatic heterocycles. The van der Waals surface area contributed by atoms with Crippen molar-refractivity contribution >= 4 is 15.5 Å². The van der Waals surface area contributed by atoms with Crippen LogP contribution in [0.25, 0.3) is 0 Å². The van der Waals surface area contributed by atoms with Crippen molar-refractivity contribution in [3.05, 3.63) is 24.3 Å². The molecule has 120 valence electrons. The Balaban J connectivity index is 2.96. The minimum Gasteiger partial charge on any atom is -0.388 e. The molecule has 0 fully saturated rings. The van der Waals surface area contributed by atoms with E-state index in [1.807, 2.05) is 13.8 Å². The lowest BCUT2D eigenvalue weighted by molar-refractivity contribution is 0.0515. The van der Waals surface area contributed by atoms with E-state index in [0.29, 0.717) is 6.42 Å². The van der Waals surface area contributed by atoms with Crippen LogP contribution in [0, 0.1) is 5.92 Å². The van der Waals surface area contributed by atoms with Gasteiger partial charge in [-0.15, -0.1) is 0 Å². The van der Waals surface area contributed by atoms with Crippen molar-refractivity contribution in [1.82, 2.24) is 0 Å². The van der Waals surface area contributed by atoms with Crippen molar-refractivity contribution in [2.75, 3.05) is 11.9 Å². The first-order valence-corrected chi connectivity index (χ1v) is 8.18. The van der Waals surface area contributed by atoms with Crippen LogP contribution in [0.5, 0.6) is 0 Å². The first-order valence-electron chi connectivity index (χ1n) is 6.63. The summed E-state index contributed by atoms with van der Waals surface area (Å²) in [6.45, 7) is 5.58. The quantitative estimate of drug-likeness (QED) is 0.810. The molecule has 2 N–H and O–H groups in total. The Morgan fingerprint density at radius 1 is 1.29 bits per heavy atom. The normalized spacial score (nSPS) is 15.2. The van der Waals surface area contributed by atoms with Crippen LogP contribution in [-0.4, -0.2) is 31.4 Å². The van der Waals surface area contributed by atoms with Crippen LogP contribution in [0.1, 0.15) is 27.2 Å². The zero-order valence-electron chi connectivity index (χ0n) is 12.3. The largest absolute Gasteiger partial charge is 0.388 e. The first-order chi connectivity index (χ1) is 9.56. The van der Waals surface area contributed by atoms with Crippen LogP contribution in [0.2, 0.25) is 0 Å². The fourth-order valence-corrected chi connectivity index (χ4v) is 3.10. The fraction of sp³-hybridized carbons (Fsp3) is 0.571. The molecular formula is C14H21F2NO3S. The van der Waals surface area contributed by atoms with Gasteiger partial charge in [0, 0.05) is 6.54 Å². The lowest BCUT2D eigenvalue weighted by atomic mass is 9.94. The van der Waals surface area contributed by atoms with Crippen LogP contribution in [0.3, 0.4) is 0 Å². The van der Waals surface area contributed by atoms with E-state index in [1.165, 1.54) is 12.1 Å². The highest BCUT2D eigenvalue weighted by atomic mass is 32.2. The minimum absolute atomic E-state index is 0.0704. The van der Waals surface area contributed by atoms with Gasteiger partial charge in [-0.05, 0) is 31.4 Å². The number of sulfone groups is 1. The fourth-order valence-electron chi connectivity index (χ4n) is 2.19. The van der Waals surface area contributed by atoms with Gasteiger partial charge >= 0.3 is 5.76 Å². The summed E-state index contributed by atoms with van der Waals surface area (Å²) in [7, 11) is -4.68. The molecule has 4 nitrogen and oxygen atoms in total. The topological polar surface area (TPSA) is 66.4 Å². The van der Waals surface area contributed by atoms with Crippen molar-refractivity contribution in [3.63, 3.8) is 0 Å². The number of hydrogen-bond acceptors (Lipinski definition) is 4. The summed E-state index contributed by atoms with van der Waals surface area (Å²) in [5.74, 6) is -3.22. The molecule has 0 aliphatic carbocycles. The Morgan fingerprint density at radius 2 is 1.86 bits per heavy atom. The van der Waals surface area contributed by atoms with Crippen LogP contribution in [0.4, 0.5) is 14.5 Å². The number of hydrogen-bond donors (Lipinski definition) is 2. The maximum atomic E-state index is 12.7. The minimum atomic E-state index is -4.68. The highest BCUT2D eigenvalue weighted by Gasteiger charge is 2.30. The number of nitrogens with one attached hydrogen (secondary N) is 1. The van der Waals surface area contributed by atoms with E-state index in [2.05, 4.69) is 5.32 Å². The second-order valence-corrected chi connectivity index (χ2v) is 7.64. The number of halogens is 2. The summed E-state index contributed by atoms with van der Waals surface area (Å²) in [6, 6.07) is 5.46. The van der Waals surface area contributed by atoms with Crippen LogP contribution < -0.4 is 5.32 Å². The molecule has 7 heteroatoms. The lowest BCUT2D eigenvalue weighted by Gasteiger charge is -2.26. The third-order valence-electron chi connectivity index (χ3n) is 2.94. The number of alkyl halides is 2. The molecule has 1 aromatic rings. The van der Waals surface area contributed by atoms with Gasteiger partial charge in [0.05, 0.1) is 16.2 Å². The van der Waals surface area contributed by atoms with Crippen LogP contribution in [-0.2, 0) is 9.84 Å². The van der Waals surface area contributed by atoms with Crippen molar-refractivity contribution in [3.8, 4) is 0 Å². The average molecular weight is 321 g/mol. The van der Waals surface area contributed by atoms with Gasteiger partial charge in [0.25, 0.3) is 0 Å². The molecular weight excluding hydrogens is 300 g/mol. The molecule has 0 aliphatic heterocycles. The van der Waals surface area contributed by atoms with Crippen molar-refractivity contribution in [1.29, 1.82) is 0 Å². The summed E-state index contributed by atoms with van der Waals surface area (Å²) < 4.78 is 48.5. The monoisotopic (exact) mass is 321 g/mol. The summed E-state index contributed by atoms with van der Waals surface area (Å²) in [5, 5.41) is 12.9. The molecule has 0 aliphatic rings. The molecule has 0 saturated carbocycles. The molecule has 1 rings (SSSR count). The highest BCUT2D eigenvalue weighted by Crippen LogP contribution is 2.27.